The molecule has 1 N–H and O–H groups in total. The summed E-state index contributed by atoms with van der Waals surface area (Å²) in [6.07, 6.45) is 2.21. The predicted octanol–water partition coefficient (Wildman–Crippen LogP) is 3.88. The van der Waals surface area contributed by atoms with E-state index in [1.807, 2.05) is 19.1 Å². The van der Waals surface area contributed by atoms with Gasteiger partial charge in [0.05, 0.1) is 22.9 Å². The molecule has 1 aliphatic heterocycles. The van der Waals surface area contributed by atoms with E-state index in [4.69, 9.17) is 5.26 Å². The number of nitriles is 1. The molecule has 1 unspecified atom stereocenters. The molecular formula is C20H18BrN3O3S. The number of hydrogen-bond donors (Lipinski definition) is 1. The Bertz CT molecular complexity index is 1120. The van der Waals surface area contributed by atoms with Crippen molar-refractivity contribution in [1.29, 1.82) is 5.26 Å². The Morgan fingerprint density at radius 3 is 2.71 bits per heavy atom. The number of nitrogens with one attached hydrogen (secondary N) is 1. The number of amides is 1. The molecule has 6 nitrogen and oxygen atoms in total. The highest BCUT2D eigenvalue weighted by atomic mass is 79.9. The molecule has 144 valence electrons. The normalized spacial score (nSPS) is 17.2. The first kappa shape index (κ1) is 19.0. The second-order valence-electron chi connectivity index (χ2n) is 7.25. The van der Waals surface area contributed by atoms with Gasteiger partial charge in [0.25, 0.3) is 15.9 Å². The summed E-state index contributed by atoms with van der Waals surface area (Å²) in [6, 6.07) is 11.6. The molecule has 1 saturated carbocycles. The summed E-state index contributed by atoms with van der Waals surface area (Å²) < 4.78 is 29.3. The maximum absolute atomic E-state index is 13.1. The molecule has 8 heteroatoms. The highest BCUT2D eigenvalue weighted by molar-refractivity contribution is 9.10. The van der Waals surface area contributed by atoms with Crippen LogP contribution in [0.1, 0.15) is 41.3 Å². The number of fused-ring (bicyclic) bond motifs is 1. The Balaban J connectivity index is 1.73. The number of carbonyl (C=O) groups excluding carboxylic acids is 1. The van der Waals surface area contributed by atoms with E-state index in [9.17, 15) is 13.2 Å². The lowest BCUT2D eigenvalue weighted by Crippen LogP contribution is -2.35. The van der Waals surface area contributed by atoms with Gasteiger partial charge in [0.15, 0.2) is 0 Å². The summed E-state index contributed by atoms with van der Waals surface area (Å²) in [5.41, 5.74) is 1.57. The Kier molecular flexibility index (Phi) is 4.68. The molecule has 1 aliphatic carbocycles. The Morgan fingerprint density at radius 2 is 2.04 bits per heavy atom. The smallest absolute Gasteiger partial charge is 0.262 e. The first-order chi connectivity index (χ1) is 13.3. The number of halogens is 1. The number of anilines is 1. The van der Waals surface area contributed by atoms with Crippen molar-refractivity contribution in [2.45, 2.75) is 37.2 Å². The number of benzene rings is 2. The first-order valence-corrected chi connectivity index (χ1v) is 11.2. The van der Waals surface area contributed by atoms with Crippen molar-refractivity contribution in [1.82, 2.24) is 4.90 Å². The Hall–Kier alpha value is -2.37. The lowest BCUT2D eigenvalue weighted by molar-refractivity contribution is 0.0694. The summed E-state index contributed by atoms with van der Waals surface area (Å²) in [5, 5.41) is 9.02. The number of nitrogens with zero attached hydrogens (tertiary/aromatic N) is 2. The molecular weight excluding hydrogens is 442 g/mol. The molecule has 1 fully saturated rings. The summed E-state index contributed by atoms with van der Waals surface area (Å²) in [4.78, 5) is 14.8. The van der Waals surface area contributed by atoms with Crippen molar-refractivity contribution in [3.8, 4) is 6.07 Å². The van der Waals surface area contributed by atoms with E-state index in [0.29, 0.717) is 28.1 Å². The van der Waals surface area contributed by atoms with Crippen molar-refractivity contribution in [3.05, 3.63) is 57.6 Å². The van der Waals surface area contributed by atoms with Crippen molar-refractivity contribution in [2.75, 3.05) is 4.72 Å². The fourth-order valence-electron chi connectivity index (χ4n) is 3.64. The second-order valence-corrected chi connectivity index (χ2v) is 9.81. The van der Waals surface area contributed by atoms with E-state index in [1.54, 1.807) is 23.1 Å². The SMILES string of the molecule is CC(C1CC1)N1Cc2cc(Br)cc(S(=O)(=O)Nc3cccc(C#N)c3)c2C1=O. The van der Waals surface area contributed by atoms with Crippen LogP contribution in [0.15, 0.2) is 45.8 Å². The predicted molar refractivity (Wildman–Crippen MR) is 108 cm³/mol. The van der Waals surface area contributed by atoms with E-state index in [-0.39, 0.29) is 28.1 Å². The summed E-state index contributed by atoms with van der Waals surface area (Å²) in [7, 11) is -4.01. The zero-order valence-electron chi connectivity index (χ0n) is 15.1. The van der Waals surface area contributed by atoms with Crippen LogP contribution in [0.3, 0.4) is 0 Å². The summed E-state index contributed by atoms with van der Waals surface area (Å²) in [6.45, 7) is 2.44. The van der Waals surface area contributed by atoms with Crippen LogP contribution in [0, 0.1) is 17.2 Å². The van der Waals surface area contributed by atoms with Crippen molar-refractivity contribution in [3.63, 3.8) is 0 Å². The van der Waals surface area contributed by atoms with Gasteiger partial charge in [0.1, 0.15) is 4.90 Å². The van der Waals surface area contributed by atoms with Gasteiger partial charge >= 0.3 is 0 Å². The van der Waals surface area contributed by atoms with Crippen LogP contribution in [-0.4, -0.2) is 25.3 Å². The number of carbonyl (C=O) groups is 1. The van der Waals surface area contributed by atoms with Gasteiger partial charge in [0.2, 0.25) is 0 Å². The largest absolute Gasteiger partial charge is 0.331 e. The van der Waals surface area contributed by atoms with Crippen molar-refractivity contribution < 1.29 is 13.2 Å². The van der Waals surface area contributed by atoms with Crippen LogP contribution in [0.25, 0.3) is 0 Å². The third kappa shape index (κ3) is 3.40. The van der Waals surface area contributed by atoms with E-state index in [0.717, 1.165) is 12.8 Å². The van der Waals surface area contributed by atoms with Crippen LogP contribution in [-0.2, 0) is 16.6 Å². The summed E-state index contributed by atoms with van der Waals surface area (Å²) in [5.74, 6) is 0.252. The fraction of sp³-hybridized carbons (Fsp3) is 0.300. The molecule has 2 aromatic rings. The van der Waals surface area contributed by atoms with Gasteiger partial charge < -0.3 is 4.90 Å². The molecule has 0 saturated heterocycles. The van der Waals surface area contributed by atoms with Gasteiger partial charge in [-0.2, -0.15) is 5.26 Å². The maximum Gasteiger partial charge on any atom is 0.262 e. The average Bonchev–Trinajstić information content (AvgIpc) is 3.45. The van der Waals surface area contributed by atoms with Gasteiger partial charge in [-0.05, 0) is 61.6 Å². The van der Waals surface area contributed by atoms with Gasteiger partial charge in [0, 0.05) is 17.1 Å². The average molecular weight is 460 g/mol. The number of hydrogen-bond acceptors (Lipinski definition) is 4. The highest BCUT2D eigenvalue weighted by Gasteiger charge is 2.41. The van der Waals surface area contributed by atoms with Crippen LogP contribution in [0.2, 0.25) is 0 Å². The van der Waals surface area contributed by atoms with Crippen LogP contribution in [0.5, 0.6) is 0 Å². The topological polar surface area (TPSA) is 90.3 Å². The van der Waals surface area contributed by atoms with E-state index in [2.05, 4.69) is 20.7 Å². The number of sulfonamides is 1. The van der Waals surface area contributed by atoms with E-state index >= 15 is 0 Å². The minimum Gasteiger partial charge on any atom is -0.331 e. The second kappa shape index (κ2) is 6.90. The lowest BCUT2D eigenvalue weighted by Gasteiger charge is -2.24. The van der Waals surface area contributed by atoms with Crippen molar-refractivity contribution >= 4 is 37.5 Å². The Labute approximate surface area is 172 Å². The molecule has 0 spiro atoms. The number of rotatable bonds is 5. The van der Waals surface area contributed by atoms with Gasteiger partial charge in [-0.1, -0.05) is 22.0 Å². The maximum atomic E-state index is 13.1. The monoisotopic (exact) mass is 459 g/mol. The molecule has 1 amide bonds. The van der Waals surface area contributed by atoms with E-state index < -0.39 is 10.0 Å². The van der Waals surface area contributed by atoms with Crippen molar-refractivity contribution in [2.24, 2.45) is 5.92 Å². The minimum atomic E-state index is -4.01. The van der Waals surface area contributed by atoms with E-state index in [1.165, 1.54) is 12.1 Å². The fourth-order valence-corrected chi connectivity index (χ4v) is 5.61. The molecule has 4 rings (SSSR count). The molecule has 0 bridgehead atoms. The minimum absolute atomic E-state index is 0.0465. The molecule has 1 heterocycles. The van der Waals surface area contributed by atoms with Crippen LogP contribution in [0.4, 0.5) is 5.69 Å². The molecule has 28 heavy (non-hydrogen) atoms. The van der Waals surface area contributed by atoms with Gasteiger partial charge in [-0.15, -0.1) is 0 Å². The van der Waals surface area contributed by atoms with Gasteiger partial charge in [-0.25, -0.2) is 8.42 Å². The zero-order chi connectivity index (χ0) is 20.1. The van der Waals surface area contributed by atoms with Gasteiger partial charge in [-0.3, -0.25) is 9.52 Å². The molecule has 0 aromatic heterocycles. The molecule has 0 radical (unpaired) electrons. The van der Waals surface area contributed by atoms with Crippen LogP contribution >= 0.6 is 15.9 Å². The van der Waals surface area contributed by atoms with Crippen LogP contribution < -0.4 is 4.72 Å². The summed E-state index contributed by atoms with van der Waals surface area (Å²) >= 11 is 3.37. The quantitative estimate of drug-likeness (QED) is 0.734. The molecule has 2 aromatic carbocycles. The third-order valence-electron chi connectivity index (χ3n) is 5.29. The highest BCUT2D eigenvalue weighted by Crippen LogP contribution is 2.40. The molecule has 2 aliphatic rings. The Morgan fingerprint density at radius 1 is 1.29 bits per heavy atom. The standard InChI is InChI=1S/C20H18BrN3O3S/c1-12(14-5-6-14)24-11-15-8-16(21)9-18(19(15)20(24)25)28(26,27)23-17-4-2-3-13(7-17)10-22/h2-4,7-9,12,14,23H,5-6,11H2,1H3. The third-order valence-corrected chi connectivity index (χ3v) is 7.16. The first-order valence-electron chi connectivity index (χ1n) is 8.96. The molecule has 1 atom stereocenters. The lowest BCUT2D eigenvalue weighted by atomic mass is 10.1. The zero-order valence-corrected chi connectivity index (χ0v) is 17.5.